The summed E-state index contributed by atoms with van der Waals surface area (Å²) in [6.07, 6.45) is 2.22. The topological polar surface area (TPSA) is 67.1 Å². The Labute approximate surface area is 137 Å². The molecule has 116 valence electrons. The number of phenols is 1. The molecule has 1 unspecified atom stereocenters. The third kappa shape index (κ3) is 2.61. The summed E-state index contributed by atoms with van der Waals surface area (Å²) in [5, 5.41) is 18.9. The first-order valence-corrected chi connectivity index (χ1v) is 8.25. The second kappa shape index (κ2) is 5.55. The lowest BCUT2D eigenvalue weighted by Gasteiger charge is -2.23. The Balaban J connectivity index is 1.72. The lowest BCUT2D eigenvalue weighted by Crippen LogP contribution is -2.25. The maximum Gasteiger partial charge on any atom is 0.226 e. The number of thiophene rings is 1. The van der Waals surface area contributed by atoms with Gasteiger partial charge in [0.15, 0.2) is 0 Å². The van der Waals surface area contributed by atoms with Gasteiger partial charge in [-0.05, 0) is 29.1 Å². The van der Waals surface area contributed by atoms with Crippen molar-refractivity contribution in [3.63, 3.8) is 0 Å². The minimum Gasteiger partial charge on any atom is -0.508 e. The molecule has 0 saturated carbocycles. The van der Waals surface area contributed by atoms with Crippen LogP contribution in [0.1, 0.15) is 28.3 Å². The normalized spacial score (nSPS) is 16.9. The van der Waals surface area contributed by atoms with E-state index in [1.54, 1.807) is 23.5 Å². The largest absolute Gasteiger partial charge is 0.508 e. The van der Waals surface area contributed by atoms with E-state index >= 15 is 0 Å². The Bertz CT molecular complexity index is 837. The number of nitrogens with zero attached hydrogens (tertiary/aromatic N) is 2. The van der Waals surface area contributed by atoms with Crippen molar-refractivity contribution in [1.82, 2.24) is 9.78 Å². The Kier molecular flexibility index (Phi) is 3.38. The van der Waals surface area contributed by atoms with Crippen molar-refractivity contribution in [3.8, 4) is 5.75 Å². The summed E-state index contributed by atoms with van der Waals surface area (Å²) < 4.78 is 1.84. The molecule has 0 aliphatic carbocycles. The summed E-state index contributed by atoms with van der Waals surface area (Å²) in [5.74, 6) is 0.954. The van der Waals surface area contributed by atoms with E-state index in [0.717, 1.165) is 16.9 Å². The van der Waals surface area contributed by atoms with Crippen LogP contribution < -0.4 is 5.32 Å². The van der Waals surface area contributed by atoms with Crippen molar-refractivity contribution in [2.75, 3.05) is 5.32 Å². The van der Waals surface area contributed by atoms with Crippen LogP contribution in [0, 0.1) is 0 Å². The van der Waals surface area contributed by atoms with Crippen LogP contribution in [0.15, 0.2) is 48.0 Å². The second-order valence-corrected chi connectivity index (χ2v) is 6.61. The van der Waals surface area contributed by atoms with Crippen LogP contribution in [0.5, 0.6) is 5.75 Å². The highest BCUT2D eigenvalue weighted by atomic mass is 32.1. The molecule has 1 atom stereocenters. The van der Waals surface area contributed by atoms with Crippen molar-refractivity contribution in [2.45, 2.75) is 18.9 Å². The molecule has 2 N–H and O–H groups in total. The molecular formula is C17H15N3O2S. The molecule has 1 aromatic carbocycles. The molecule has 6 heteroatoms. The van der Waals surface area contributed by atoms with Gasteiger partial charge in [0.25, 0.3) is 0 Å². The molecule has 2 aromatic heterocycles. The highest BCUT2D eigenvalue weighted by molar-refractivity contribution is 7.09. The summed E-state index contributed by atoms with van der Waals surface area (Å²) in [6.45, 7) is 0.648. The number of benzene rings is 1. The molecule has 0 radical (unpaired) electrons. The Morgan fingerprint density at radius 2 is 2.13 bits per heavy atom. The summed E-state index contributed by atoms with van der Waals surface area (Å²) >= 11 is 1.67. The minimum absolute atomic E-state index is 0.0106. The van der Waals surface area contributed by atoms with E-state index in [1.807, 2.05) is 34.5 Å². The number of hydrogen-bond donors (Lipinski definition) is 2. The highest BCUT2D eigenvalue weighted by Gasteiger charge is 2.29. The number of amides is 1. The molecule has 0 spiro atoms. The molecule has 4 rings (SSSR count). The van der Waals surface area contributed by atoms with Crippen molar-refractivity contribution >= 4 is 23.1 Å². The lowest BCUT2D eigenvalue weighted by atomic mass is 9.87. The van der Waals surface area contributed by atoms with Crippen LogP contribution in [0.25, 0.3) is 0 Å². The maximum atomic E-state index is 12.1. The number of aromatic nitrogens is 2. The highest BCUT2D eigenvalue weighted by Crippen LogP contribution is 2.37. The Hall–Kier alpha value is -2.60. The number of nitrogens with one attached hydrogen (secondary N) is 1. The van der Waals surface area contributed by atoms with Crippen molar-refractivity contribution in [3.05, 3.63) is 64.0 Å². The fraction of sp³-hybridized carbons (Fsp3) is 0.176. The van der Waals surface area contributed by atoms with Crippen LogP contribution in [0.3, 0.4) is 0 Å². The average molecular weight is 325 g/mol. The molecule has 3 aromatic rings. The van der Waals surface area contributed by atoms with E-state index in [2.05, 4.69) is 16.5 Å². The van der Waals surface area contributed by atoms with Gasteiger partial charge in [-0.3, -0.25) is 4.79 Å². The third-order valence-electron chi connectivity index (χ3n) is 4.07. The fourth-order valence-electron chi connectivity index (χ4n) is 2.94. The van der Waals surface area contributed by atoms with E-state index in [0.29, 0.717) is 13.0 Å². The molecule has 5 nitrogen and oxygen atoms in total. The zero-order chi connectivity index (χ0) is 15.8. The van der Waals surface area contributed by atoms with E-state index in [1.165, 1.54) is 4.88 Å². The van der Waals surface area contributed by atoms with Crippen LogP contribution in [-0.2, 0) is 11.3 Å². The predicted octanol–water partition coefficient (Wildman–Crippen LogP) is 3.17. The Morgan fingerprint density at radius 3 is 2.87 bits per heavy atom. The number of hydrogen-bond acceptors (Lipinski definition) is 4. The van der Waals surface area contributed by atoms with Crippen molar-refractivity contribution < 1.29 is 9.90 Å². The number of fused-ring (bicyclic) bond motifs is 1. The zero-order valence-corrected chi connectivity index (χ0v) is 13.1. The number of phenolic OH excluding ortho intramolecular Hbond substituents is 1. The first-order chi connectivity index (χ1) is 11.2. The van der Waals surface area contributed by atoms with E-state index in [-0.39, 0.29) is 17.6 Å². The average Bonchev–Trinajstić information content (AvgIpc) is 3.18. The second-order valence-electron chi connectivity index (χ2n) is 5.58. The lowest BCUT2D eigenvalue weighted by molar-refractivity contribution is -0.116. The molecule has 0 bridgehead atoms. The Morgan fingerprint density at radius 1 is 1.30 bits per heavy atom. The predicted molar refractivity (Wildman–Crippen MR) is 88.8 cm³/mol. The van der Waals surface area contributed by atoms with Gasteiger partial charge in [0.05, 0.1) is 12.7 Å². The molecule has 0 fully saturated rings. The molecule has 0 saturated heterocycles. The number of anilines is 1. The first kappa shape index (κ1) is 14.0. The SMILES string of the molecule is O=C1CC(c2ccc(O)cc2)c2cnn(Cc3cccs3)c2N1. The van der Waals surface area contributed by atoms with Gasteiger partial charge in [-0.25, -0.2) is 4.68 Å². The van der Waals surface area contributed by atoms with E-state index in [9.17, 15) is 9.90 Å². The smallest absolute Gasteiger partial charge is 0.226 e. The van der Waals surface area contributed by atoms with E-state index < -0.39 is 0 Å². The van der Waals surface area contributed by atoms with Gasteiger partial charge in [-0.15, -0.1) is 11.3 Å². The molecule has 23 heavy (non-hydrogen) atoms. The number of rotatable bonds is 3. The molecule has 1 aliphatic heterocycles. The van der Waals surface area contributed by atoms with Crippen molar-refractivity contribution in [2.24, 2.45) is 0 Å². The number of aromatic hydroxyl groups is 1. The zero-order valence-electron chi connectivity index (χ0n) is 12.3. The van der Waals surface area contributed by atoms with Gasteiger partial charge in [0, 0.05) is 22.8 Å². The summed E-state index contributed by atoms with van der Waals surface area (Å²) in [6, 6.07) is 11.1. The molecule has 1 aliphatic rings. The third-order valence-corrected chi connectivity index (χ3v) is 4.93. The van der Waals surface area contributed by atoms with Crippen LogP contribution in [0.2, 0.25) is 0 Å². The molecule has 3 heterocycles. The van der Waals surface area contributed by atoms with Crippen LogP contribution >= 0.6 is 11.3 Å². The number of carbonyl (C=O) groups excluding carboxylic acids is 1. The summed E-state index contributed by atoms with van der Waals surface area (Å²) in [5.41, 5.74) is 2.03. The monoisotopic (exact) mass is 325 g/mol. The van der Waals surface area contributed by atoms with Gasteiger partial charge in [0.1, 0.15) is 11.6 Å². The first-order valence-electron chi connectivity index (χ1n) is 7.37. The van der Waals surface area contributed by atoms with Gasteiger partial charge < -0.3 is 10.4 Å². The molecular weight excluding hydrogens is 310 g/mol. The number of carbonyl (C=O) groups is 1. The fourth-order valence-corrected chi connectivity index (χ4v) is 3.63. The minimum atomic E-state index is -0.0311. The van der Waals surface area contributed by atoms with E-state index in [4.69, 9.17) is 0 Å². The van der Waals surface area contributed by atoms with Crippen LogP contribution in [0.4, 0.5) is 5.82 Å². The van der Waals surface area contributed by atoms with Gasteiger partial charge in [0.2, 0.25) is 5.91 Å². The van der Waals surface area contributed by atoms with Gasteiger partial charge in [-0.1, -0.05) is 18.2 Å². The maximum absolute atomic E-state index is 12.1. The van der Waals surface area contributed by atoms with Crippen LogP contribution in [-0.4, -0.2) is 20.8 Å². The standard InChI is InChI=1S/C17H15N3O2S/c21-12-5-3-11(4-6-12)14-8-16(22)19-17-15(14)9-18-20(17)10-13-2-1-7-23-13/h1-7,9,14,21H,8,10H2,(H,19,22). The van der Waals surface area contributed by atoms with Gasteiger partial charge >= 0.3 is 0 Å². The summed E-state index contributed by atoms with van der Waals surface area (Å²) in [4.78, 5) is 13.3. The summed E-state index contributed by atoms with van der Waals surface area (Å²) in [7, 11) is 0. The van der Waals surface area contributed by atoms with Gasteiger partial charge in [-0.2, -0.15) is 5.10 Å². The van der Waals surface area contributed by atoms with Crippen molar-refractivity contribution in [1.29, 1.82) is 0 Å². The quantitative estimate of drug-likeness (QED) is 0.777. The molecule has 1 amide bonds.